The molecule has 0 heterocycles. The Bertz CT molecular complexity index is 434. The van der Waals surface area contributed by atoms with Crippen LogP contribution in [0.3, 0.4) is 0 Å². The SMILES string of the molecule is CCC#CCCCCCCCCOC(=O)CCCC(=O)OCCCCCCC. The Morgan fingerprint density at radius 2 is 1.11 bits per heavy atom. The molecule has 0 bridgehead atoms. The third kappa shape index (κ3) is 20.8. The van der Waals surface area contributed by atoms with Crippen molar-refractivity contribution in [2.24, 2.45) is 0 Å². The Kier molecular flexibility index (Phi) is 20.6. The molecule has 28 heavy (non-hydrogen) atoms. The minimum atomic E-state index is -0.207. The summed E-state index contributed by atoms with van der Waals surface area (Å²) >= 11 is 0. The van der Waals surface area contributed by atoms with Crippen molar-refractivity contribution in [3.63, 3.8) is 0 Å². The molecule has 0 aromatic carbocycles. The van der Waals surface area contributed by atoms with Crippen molar-refractivity contribution in [1.29, 1.82) is 0 Å². The van der Waals surface area contributed by atoms with Crippen LogP contribution in [-0.2, 0) is 19.1 Å². The first-order chi connectivity index (χ1) is 13.7. The van der Waals surface area contributed by atoms with Crippen LogP contribution in [0.1, 0.15) is 117 Å². The number of hydrogen-bond donors (Lipinski definition) is 0. The van der Waals surface area contributed by atoms with Crippen LogP contribution in [0.25, 0.3) is 0 Å². The molecule has 0 saturated carbocycles. The Balaban J connectivity index is 3.33. The highest BCUT2D eigenvalue weighted by atomic mass is 16.5. The second-order valence-electron chi connectivity index (χ2n) is 7.29. The minimum absolute atomic E-state index is 0.205. The minimum Gasteiger partial charge on any atom is -0.466 e. The van der Waals surface area contributed by atoms with Crippen molar-refractivity contribution in [2.45, 2.75) is 117 Å². The lowest BCUT2D eigenvalue weighted by Gasteiger charge is -2.06. The number of unbranched alkanes of at least 4 members (excludes halogenated alkanes) is 10. The third-order valence-electron chi connectivity index (χ3n) is 4.53. The molecule has 0 radical (unpaired) electrons. The van der Waals surface area contributed by atoms with Gasteiger partial charge >= 0.3 is 11.9 Å². The summed E-state index contributed by atoms with van der Waals surface area (Å²) in [5, 5.41) is 0. The lowest BCUT2D eigenvalue weighted by Crippen LogP contribution is -2.09. The highest BCUT2D eigenvalue weighted by Gasteiger charge is 2.07. The molecular formula is C24H42O4. The molecule has 0 aliphatic heterocycles. The van der Waals surface area contributed by atoms with Crippen molar-refractivity contribution in [1.82, 2.24) is 0 Å². The topological polar surface area (TPSA) is 52.6 Å². The zero-order valence-corrected chi connectivity index (χ0v) is 18.4. The Labute approximate surface area is 173 Å². The molecule has 0 saturated heterocycles. The molecule has 0 atom stereocenters. The number of rotatable bonds is 18. The maximum atomic E-state index is 11.7. The van der Waals surface area contributed by atoms with Crippen LogP contribution < -0.4 is 0 Å². The average molecular weight is 395 g/mol. The molecule has 0 unspecified atom stereocenters. The van der Waals surface area contributed by atoms with Crippen LogP contribution in [0, 0.1) is 11.8 Å². The quantitative estimate of drug-likeness (QED) is 0.154. The summed E-state index contributed by atoms with van der Waals surface area (Å²) in [6, 6.07) is 0. The van der Waals surface area contributed by atoms with Crippen molar-refractivity contribution in [2.75, 3.05) is 13.2 Å². The first kappa shape index (κ1) is 26.5. The lowest BCUT2D eigenvalue weighted by atomic mass is 10.1. The first-order valence-electron chi connectivity index (χ1n) is 11.5. The van der Waals surface area contributed by atoms with E-state index >= 15 is 0 Å². The van der Waals surface area contributed by atoms with Crippen LogP contribution in [0.15, 0.2) is 0 Å². The number of ether oxygens (including phenoxy) is 2. The van der Waals surface area contributed by atoms with E-state index in [1.54, 1.807) is 0 Å². The Hall–Kier alpha value is -1.50. The highest BCUT2D eigenvalue weighted by Crippen LogP contribution is 2.08. The van der Waals surface area contributed by atoms with Gasteiger partial charge in [0.15, 0.2) is 0 Å². The van der Waals surface area contributed by atoms with Crippen molar-refractivity contribution in [3.05, 3.63) is 0 Å². The van der Waals surface area contributed by atoms with Crippen LogP contribution in [-0.4, -0.2) is 25.2 Å². The van der Waals surface area contributed by atoms with Crippen molar-refractivity contribution < 1.29 is 19.1 Å². The molecule has 0 aliphatic carbocycles. The third-order valence-corrected chi connectivity index (χ3v) is 4.53. The number of esters is 2. The molecule has 0 aromatic heterocycles. The Morgan fingerprint density at radius 3 is 1.64 bits per heavy atom. The zero-order chi connectivity index (χ0) is 20.7. The molecule has 0 rings (SSSR count). The molecule has 4 heteroatoms. The normalized spacial score (nSPS) is 10.2. The molecular weight excluding hydrogens is 352 g/mol. The molecule has 4 nitrogen and oxygen atoms in total. The van der Waals surface area contributed by atoms with Crippen molar-refractivity contribution in [3.8, 4) is 11.8 Å². The van der Waals surface area contributed by atoms with Gasteiger partial charge in [0.1, 0.15) is 0 Å². The number of carbonyl (C=O) groups is 2. The van der Waals surface area contributed by atoms with E-state index in [9.17, 15) is 9.59 Å². The number of hydrogen-bond acceptors (Lipinski definition) is 4. The van der Waals surface area contributed by atoms with Gasteiger partial charge in [0.2, 0.25) is 0 Å². The molecule has 0 amide bonds. The Morgan fingerprint density at radius 1 is 0.607 bits per heavy atom. The van der Waals surface area contributed by atoms with E-state index in [0.717, 1.165) is 38.5 Å². The fourth-order valence-electron chi connectivity index (χ4n) is 2.83. The standard InChI is InChI=1S/C24H42O4/c1-3-5-7-9-10-11-12-13-15-17-22-28-24(26)20-18-19-23(25)27-21-16-14-8-6-4-2/h3-4,6,8-22H2,1-2H3. The van der Waals surface area contributed by atoms with Gasteiger partial charge in [0, 0.05) is 25.7 Å². The van der Waals surface area contributed by atoms with Gasteiger partial charge in [-0.25, -0.2) is 0 Å². The molecule has 0 aromatic rings. The van der Waals surface area contributed by atoms with Gasteiger partial charge in [0.25, 0.3) is 0 Å². The van der Waals surface area contributed by atoms with Crippen LogP contribution in [0.5, 0.6) is 0 Å². The van der Waals surface area contributed by atoms with E-state index in [-0.39, 0.29) is 11.9 Å². The maximum Gasteiger partial charge on any atom is 0.305 e. The molecule has 0 aliphatic rings. The van der Waals surface area contributed by atoms with Gasteiger partial charge in [-0.05, 0) is 25.7 Å². The fourth-order valence-corrected chi connectivity index (χ4v) is 2.83. The van der Waals surface area contributed by atoms with E-state index in [1.165, 1.54) is 44.9 Å². The van der Waals surface area contributed by atoms with Gasteiger partial charge in [-0.15, -0.1) is 11.8 Å². The first-order valence-corrected chi connectivity index (χ1v) is 11.5. The van der Waals surface area contributed by atoms with Gasteiger partial charge in [0.05, 0.1) is 13.2 Å². The van der Waals surface area contributed by atoms with E-state index in [1.807, 2.05) is 0 Å². The van der Waals surface area contributed by atoms with Crippen molar-refractivity contribution >= 4 is 11.9 Å². The van der Waals surface area contributed by atoms with Crippen LogP contribution in [0.4, 0.5) is 0 Å². The summed E-state index contributed by atoms with van der Waals surface area (Å²) < 4.78 is 10.4. The van der Waals surface area contributed by atoms with E-state index < -0.39 is 0 Å². The van der Waals surface area contributed by atoms with Crippen LogP contribution >= 0.6 is 0 Å². The lowest BCUT2D eigenvalue weighted by molar-refractivity contribution is -0.145. The second kappa shape index (κ2) is 21.8. The van der Waals surface area contributed by atoms with E-state index in [2.05, 4.69) is 25.7 Å². The van der Waals surface area contributed by atoms with Gasteiger partial charge in [-0.2, -0.15) is 0 Å². The summed E-state index contributed by atoms with van der Waals surface area (Å²) in [6.45, 7) is 5.24. The largest absolute Gasteiger partial charge is 0.466 e. The predicted molar refractivity (Wildman–Crippen MR) is 115 cm³/mol. The summed E-state index contributed by atoms with van der Waals surface area (Å²) in [7, 11) is 0. The maximum absolute atomic E-state index is 11.7. The monoisotopic (exact) mass is 394 g/mol. The molecule has 0 fully saturated rings. The molecule has 0 spiro atoms. The molecule has 0 N–H and O–H groups in total. The second-order valence-corrected chi connectivity index (χ2v) is 7.29. The van der Waals surface area contributed by atoms with E-state index in [4.69, 9.17) is 9.47 Å². The summed E-state index contributed by atoms with van der Waals surface area (Å²) in [6.07, 6.45) is 15.6. The summed E-state index contributed by atoms with van der Waals surface area (Å²) in [5.41, 5.74) is 0. The van der Waals surface area contributed by atoms with Crippen LogP contribution in [0.2, 0.25) is 0 Å². The van der Waals surface area contributed by atoms with Gasteiger partial charge < -0.3 is 9.47 Å². The number of carbonyl (C=O) groups excluding carboxylic acids is 2. The van der Waals surface area contributed by atoms with Gasteiger partial charge in [-0.3, -0.25) is 9.59 Å². The van der Waals surface area contributed by atoms with Gasteiger partial charge in [-0.1, -0.05) is 65.2 Å². The van der Waals surface area contributed by atoms with E-state index in [0.29, 0.717) is 32.5 Å². The molecule has 162 valence electrons. The summed E-state index contributed by atoms with van der Waals surface area (Å²) in [4.78, 5) is 23.2. The smallest absolute Gasteiger partial charge is 0.305 e. The zero-order valence-electron chi connectivity index (χ0n) is 18.4. The predicted octanol–water partition coefficient (Wildman–Crippen LogP) is 6.36. The average Bonchev–Trinajstić information content (AvgIpc) is 2.68. The summed E-state index contributed by atoms with van der Waals surface area (Å²) in [5.74, 6) is 5.85. The fraction of sp³-hybridized carbons (Fsp3) is 0.833. The highest BCUT2D eigenvalue weighted by molar-refractivity contribution is 5.72.